The van der Waals surface area contributed by atoms with Crippen molar-refractivity contribution >= 4 is 11.9 Å². The van der Waals surface area contributed by atoms with Gasteiger partial charge in [0.15, 0.2) is 0 Å². The Morgan fingerprint density at radius 1 is 1.19 bits per heavy atom. The summed E-state index contributed by atoms with van der Waals surface area (Å²) in [6, 6.07) is 6.56. The van der Waals surface area contributed by atoms with Crippen LogP contribution < -0.4 is 5.32 Å². The second-order valence-corrected chi connectivity index (χ2v) is 6.13. The molecule has 8 heteroatoms. The van der Waals surface area contributed by atoms with Crippen LogP contribution in [-0.4, -0.2) is 19.0 Å². The Bertz CT molecular complexity index is 908. The second kappa shape index (κ2) is 7.02. The smallest absolute Gasteiger partial charge is 0.417 e. The first-order valence-electron chi connectivity index (χ1n) is 8.10. The Hall–Kier alpha value is -2.90. The minimum Gasteiger partial charge on any atom is -0.465 e. The predicted octanol–water partition coefficient (Wildman–Crippen LogP) is 4.05. The first kappa shape index (κ1) is 18.9. The third-order valence-electron chi connectivity index (χ3n) is 4.50. The van der Waals surface area contributed by atoms with Crippen LogP contribution in [0.25, 0.3) is 0 Å². The number of hydrogen-bond acceptors (Lipinski definition) is 3. The van der Waals surface area contributed by atoms with Gasteiger partial charge in [0.2, 0.25) is 0 Å². The lowest BCUT2D eigenvalue weighted by Crippen LogP contribution is -2.30. The summed E-state index contributed by atoms with van der Waals surface area (Å²) in [4.78, 5) is 24.1. The Morgan fingerprint density at radius 3 is 2.59 bits per heavy atom. The van der Waals surface area contributed by atoms with E-state index in [-0.39, 0.29) is 5.56 Å². The van der Waals surface area contributed by atoms with E-state index in [1.54, 1.807) is 12.1 Å². The maximum atomic E-state index is 14.0. The van der Waals surface area contributed by atoms with E-state index in [1.165, 1.54) is 13.2 Å². The molecule has 2 aromatic carbocycles. The van der Waals surface area contributed by atoms with Gasteiger partial charge in [-0.25, -0.2) is 9.18 Å². The maximum absolute atomic E-state index is 14.0. The van der Waals surface area contributed by atoms with E-state index in [1.807, 2.05) is 0 Å². The fraction of sp³-hybridized carbons (Fsp3) is 0.263. The molecule has 0 radical (unpaired) electrons. The van der Waals surface area contributed by atoms with Gasteiger partial charge in [-0.2, -0.15) is 13.2 Å². The van der Waals surface area contributed by atoms with Crippen LogP contribution in [-0.2, 0) is 17.3 Å². The van der Waals surface area contributed by atoms with Crippen LogP contribution >= 0.6 is 0 Å². The number of carbonyl (C=O) groups excluding carboxylic acids is 2. The van der Waals surface area contributed by atoms with E-state index >= 15 is 0 Å². The number of rotatable bonds is 3. The first-order chi connectivity index (χ1) is 12.7. The minimum atomic E-state index is -4.86. The minimum absolute atomic E-state index is 0.263. The fourth-order valence-electron chi connectivity index (χ4n) is 3.22. The average Bonchev–Trinajstić information content (AvgIpc) is 3.02. The summed E-state index contributed by atoms with van der Waals surface area (Å²) in [6.07, 6.45) is -3.85. The normalized spacial score (nSPS) is 16.0. The van der Waals surface area contributed by atoms with E-state index in [4.69, 9.17) is 0 Å². The number of fused-ring (bicyclic) bond motifs is 1. The van der Waals surface area contributed by atoms with E-state index in [2.05, 4.69) is 10.1 Å². The monoisotopic (exact) mass is 381 g/mol. The van der Waals surface area contributed by atoms with Gasteiger partial charge in [-0.1, -0.05) is 12.1 Å². The summed E-state index contributed by atoms with van der Waals surface area (Å²) < 4.78 is 58.0. The van der Waals surface area contributed by atoms with Gasteiger partial charge in [0.05, 0.1) is 29.8 Å². The first-order valence-corrected chi connectivity index (χ1v) is 8.10. The maximum Gasteiger partial charge on any atom is 0.417 e. The molecule has 0 bridgehead atoms. The molecular weight excluding hydrogens is 366 g/mol. The highest BCUT2D eigenvalue weighted by Gasteiger charge is 2.37. The third-order valence-corrected chi connectivity index (χ3v) is 4.50. The largest absolute Gasteiger partial charge is 0.465 e. The van der Waals surface area contributed by atoms with Crippen molar-refractivity contribution in [2.24, 2.45) is 0 Å². The van der Waals surface area contributed by atoms with Crippen LogP contribution in [0, 0.1) is 5.82 Å². The number of amides is 1. The molecule has 142 valence electrons. The molecule has 1 atom stereocenters. The average molecular weight is 381 g/mol. The predicted molar refractivity (Wildman–Crippen MR) is 87.7 cm³/mol. The molecule has 3 rings (SSSR count). The number of hydrogen-bond donors (Lipinski definition) is 1. The number of aryl methyl sites for hydroxylation is 1. The Labute approximate surface area is 152 Å². The highest BCUT2D eigenvalue weighted by atomic mass is 19.4. The lowest BCUT2D eigenvalue weighted by Gasteiger charge is -2.18. The van der Waals surface area contributed by atoms with Crippen molar-refractivity contribution < 1.29 is 31.9 Å². The third kappa shape index (κ3) is 3.65. The summed E-state index contributed by atoms with van der Waals surface area (Å²) in [5.41, 5.74) is -0.642. The molecule has 0 heterocycles. The van der Waals surface area contributed by atoms with Crippen LogP contribution in [0.4, 0.5) is 17.6 Å². The molecule has 0 unspecified atom stereocenters. The second-order valence-electron chi connectivity index (χ2n) is 6.13. The summed E-state index contributed by atoms with van der Waals surface area (Å²) in [6.45, 7) is 0. The molecule has 0 saturated heterocycles. The van der Waals surface area contributed by atoms with E-state index in [0.29, 0.717) is 24.5 Å². The highest BCUT2D eigenvalue weighted by Crippen LogP contribution is 2.35. The molecule has 0 aliphatic heterocycles. The van der Waals surface area contributed by atoms with E-state index in [0.717, 1.165) is 17.7 Å². The highest BCUT2D eigenvalue weighted by molar-refractivity contribution is 5.96. The van der Waals surface area contributed by atoms with Crippen LogP contribution in [0.15, 0.2) is 36.4 Å². The molecule has 1 aliphatic carbocycles. The van der Waals surface area contributed by atoms with E-state index < -0.39 is 41.0 Å². The van der Waals surface area contributed by atoms with Crippen molar-refractivity contribution in [2.45, 2.75) is 25.1 Å². The molecule has 0 aromatic heterocycles. The number of carbonyl (C=O) groups is 2. The van der Waals surface area contributed by atoms with Gasteiger partial charge in [-0.3, -0.25) is 4.79 Å². The molecule has 0 saturated carbocycles. The summed E-state index contributed by atoms with van der Waals surface area (Å²) in [5.74, 6) is -2.96. The van der Waals surface area contributed by atoms with Gasteiger partial charge >= 0.3 is 12.1 Å². The Balaban J connectivity index is 1.91. The van der Waals surface area contributed by atoms with Crippen molar-refractivity contribution in [3.8, 4) is 0 Å². The van der Waals surface area contributed by atoms with Crippen molar-refractivity contribution in [2.75, 3.05) is 7.11 Å². The molecule has 1 N–H and O–H groups in total. The molecule has 2 aromatic rings. The van der Waals surface area contributed by atoms with Crippen molar-refractivity contribution in [3.05, 3.63) is 70.0 Å². The molecular formula is C19H15F4NO3. The van der Waals surface area contributed by atoms with Crippen molar-refractivity contribution in [1.82, 2.24) is 5.32 Å². The molecule has 0 spiro atoms. The summed E-state index contributed by atoms with van der Waals surface area (Å²) in [5, 5.41) is 2.46. The Kier molecular flexibility index (Phi) is 4.91. The van der Waals surface area contributed by atoms with Crippen LogP contribution in [0.5, 0.6) is 0 Å². The number of ether oxygens (including phenoxy) is 1. The van der Waals surface area contributed by atoms with Gasteiger partial charge in [-0.05, 0) is 48.2 Å². The van der Waals surface area contributed by atoms with Gasteiger partial charge in [0.25, 0.3) is 5.91 Å². The lowest BCUT2D eigenvalue weighted by atomic mass is 10.0. The molecule has 4 nitrogen and oxygen atoms in total. The van der Waals surface area contributed by atoms with Gasteiger partial charge in [-0.15, -0.1) is 0 Å². The Morgan fingerprint density at radius 2 is 1.93 bits per heavy atom. The molecule has 1 aliphatic rings. The number of halogens is 4. The molecule has 1 amide bonds. The number of benzene rings is 2. The van der Waals surface area contributed by atoms with Gasteiger partial charge in [0.1, 0.15) is 5.82 Å². The zero-order chi connectivity index (χ0) is 19.8. The molecule has 27 heavy (non-hydrogen) atoms. The fourth-order valence-corrected chi connectivity index (χ4v) is 3.22. The van der Waals surface area contributed by atoms with Crippen molar-refractivity contribution in [1.29, 1.82) is 0 Å². The topological polar surface area (TPSA) is 55.4 Å². The van der Waals surface area contributed by atoms with Gasteiger partial charge in [0, 0.05) is 0 Å². The summed E-state index contributed by atoms with van der Waals surface area (Å²) >= 11 is 0. The van der Waals surface area contributed by atoms with Crippen LogP contribution in [0.2, 0.25) is 0 Å². The molecule has 0 fully saturated rings. The number of alkyl halides is 3. The standard InChI is InChI=1S/C19H15F4NO3/c1-27-18(26)11-6-5-10-7-8-15(12(10)9-11)24-17(25)16-13(19(21,22)23)3-2-4-14(16)20/h2-6,9,15H,7-8H2,1H3,(H,24,25)/t15-/m1/s1. The number of methoxy groups -OCH3 is 1. The van der Waals surface area contributed by atoms with Crippen molar-refractivity contribution in [3.63, 3.8) is 0 Å². The zero-order valence-corrected chi connectivity index (χ0v) is 14.2. The van der Waals surface area contributed by atoms with Crippen LogP contribution in [0.3, 0.4) is 0 Å². The number of esters is 1. The number of nitrogens with one attached hydrogen (secondary N) is 1. The van der Waals surface area contributed by atoms with Crippen LogP contribution in [0.1, 0.15) is 49.9 Å². The zero-order valence-electron chi connectivity index (χ0n) is 14.2. The SMILES string of the molecule is COC(=O)c1ccc2c(c1)[C@H](NC(=O)c1c(F)cccc1C(F)(F)F)CC2. The lowest BCUT2D eigenvalue weighted by molar-refractivity contribution is -0.138. The summed E-state index contributed by atoms with van der Waals surface area (Å²) in [7, 11) is 1.23. The van der Waals surface area contributed by atoms with Gasteiger partial charge < -0.3 is 10.1 Å². The quantitative estimate of drug-likeness (QED) is 0.645. The van der Waals surface area contributed by atoms with E-state index in [9.17, 15) is 27.2 Å².